The molecule has 2 rings (SSSR count). The van der Waals surface area contributed by atoms with Gasteiger partial charge in [0.1, 0.15) is 0 Å². The lowest BCUT2D eigenvalue weighted by atomic mass is 9.77. The summed E-state index contributed by atoms with van der Waals surface area (Å²) in [5.74, 6) is 0.245. The number of Topliss-reactive ketones (excluding diaryl/α,β-unsaturated/α-hetero) is 1. The number of rotatable bonds is 5. The fourth-order valence-corrected chi connectivity index (χ4v) is 3.60. The Bertz CT molecular complexity index is 498. The van der Waals surface area contributed by atoms with E-state index in [4.69, 9.17) is 5.73 Å². The molecule has 2 bridgehead atoms. The number of hydrogen-bond donors (Lipinski definition) is 3. The molecule has 0 aromatic carbocycles. The maximum Gasteiger partial charge on any atom is 0.237 e. The maximum absolute atomic E-state index is 12.9. The Morgan fingerprint density at radius 3 is 2.55 bits per heavy atom. The monoisotopic (exact) mass is 307 g/mol. The van der Waals surface area contributed by atoms with Crippen molar-refractivity contribution in [2.75, 3.05) is 0 Å². The molecule has 1 fully saturated rings. The van der Waals surface area contributed by atoms with Gasteiger partial charge in [0.05, 0.1) is 17.6 Å². The minimum absolute atomic E-state index is 0.0170. The molecule has 1 heterocycles. The van der Waals surface area contributed by atoms with Gasteiger partial charge in [0.2, 0.25) is 5.91 Å². The third kappa shape index (κ3) is 2.97. The quantitative estimate of drug-likeness (QED) is 0.665. The number of carbonyl (C=O) groups excluding carboxylic acids is 2. The molecule has 0 aromatic rings. The van der Waals surface area contributed by atoms with Crippen molar-refractivity contribution >= 4 is 11.7 Å². The van der Waals surface area contributed by atoms with Gasteiger partial charge in [-0.15, -0.1) is 0 Å². The largest absolute Gasteiger partial charge is 0.345 e. The van der Waals surface area contributed by atoms with Crippen LogP contribution in [0.5, 0.6) is 0 Å². The standard InChI is InChI=1S/C17H29N3O2/c1-10(2)13(18)15(22)19-11(3)14(21)17-8-6-7-12(9-17)16(4,5)20-17/h6,8,10-13,20H,7,9,18H2,1-5H3,(H,19,22)/t11-,12?,13?,17?/m0/s1. The van der Waals surface area contributed by atoms with E-state index in [-0.39, 0.29) is 23.1 Å². The molecule has 4 N–H and O–H groups in total. The van der Waals surface area contributed by atoms with Crippen molar-refractivity contribution in [1.29, 1.82) is 0 Å². The molecule has 22 heavy (non-hydrogen) atoms. The van der Waals surface area contributed by atoms with Gasteiger partial charge in [0.25, 0.3) is 0 Å². The average molecular weight is 307 g/mol. The third-order valence-corrected chi connectivity index (χ3v) is 5.17. The smallest absolute Gasteiger partial charge is 0.237 e. The van der Waals surface area contributed by atoms with Crippen molar-refractivity contribution in [2.45, 2.75) is 70.6 Å². The van der Waals surface area contributed by atoms with E-state index >= 15 is 0 Å². The Balaban J connectivity index is 2.10. The first kappa shape index (κ1) is 17.2. The first-order valence-corrected chi connectivity index (χ1v) is 8.16. The van der Waals surface area contributed by atoms with Gasteiger partial charge in [-0.05, 0) is 45.4 Å². The van der Waals surface area contributed by atoms with E-state index < -0.39 is 17.6 Å². The van der Waals surface area contributed by atoms with Crippen molar-refractivity contribution in [3.63, 3.8) is 0 Å². The first-order chi connectivity index (χ1) is 10.1. The molecule has 3 unspecified atom stereocenters. The third-order valence-electron chi connectivity index (χ3n) is 5.17. The predicted molar refractivity (Wildman–Crippen MR) is 87.2 cm³/mol. The average Bonchev–Trinajstić information content (AvgIpc) is 2.62. The van der Waals surface area contributed by atoms with E-state index in [2.05, 4.69) is 30.6 Å². The second-order valence-corrected chi connectivity index (χ2v) is 7.72. The number of allylic oxidation sites excluding steroid dienone is 1. The molecule has 4 atom stereocenters. The van der Waals surface area contributed by atoms with Gasteiger partial charge in [-0.1, -0.05) is 26.0 Å². The van der Waals surface area contributed by atoms with Gasteiger partial charge in [0.15, 0.2) is 5.78 Å². The number of ketones is 1. The van der Waals surface area contributed by atoms with Crippen LogP contribution in [0.3, 0.4) is 0 Å². The van der Waals surface area contributed by atoms with Gasteiger partial charge < -0.3 is 11.1 Å². The van der Waals surface area contributed by atoms with E-state index in [9.17, 15) is 9.59 Å². The van der Waals surface area contributed by atoms with Crippen LogP contribution in [0.1, 0.15) is 47.5 Å². The second kappa shape index (κ2) is 5.78. The molecule has 1 amide bonds. The van der Waals surface area contributed by atoms with Crippen LogP contribution in [-0.4, -0.2) is 34.9 Å². The lowest BCUT2D eigenvalue weighted by molar-refractivity contribution is -0.131. The lowest BCUT2D eigenvalue weighted by Gasteiger charge is -2.31. The van der Waals surface area contributed by atoms with E-state index in [0.717, 1.165) is 12.8 Å². The van der Waals surface area contributed by atoms with E-state index in [1.807, 2.05) is 19.9 Å². The molecule has 1 saturated heterocycles. The highest BCUT2D eigenvalue weighted by atomic mass is 16.2. The number of fused-ring (bicyclic) bond motifs is 2. The highest BCUT2D eigenvalue weighted by molar-refractivity contribution is 5.98. The Hall–Kier alpha value is -1.20. The molecule has 2 aliphatic rings. The topological polar surface area (TPSA) is 84.2 Å². The van der Waals surface area contributed by atoms with E-state index in [1.165, 1.54) is 0 Å². The Labute approximate surface area is 133 Å². The normalized spacial score (nSPS) is 31.9. The van der Waals surface area contributed by atoms with Crippen LogP contribution >= 0.6 is 0 Å². The fourth-order valence-electron chi connectivity index (χ4n) is 3.60. The molecule has 1 aliphatic carbocycles. The predicted octanol–water partition coefficient (Wildman–Crippen LogP) is 1.13. The highest BCUT2D eigenvalue weighted by Crippen LogP contribution is 2.43. The maximum atomic E-state index is 12.9. The fraction of sp³-hybridized carbons (Fsp3) is 0.765. The Kier molecular flexibility index (Phi) is 4.51. The van der Waals surface area contributed by atoms with Crippen molar-refractivity contribution in [3.8, 4) is 0 Å². The van der Waals surface area contributed by atoms with Crippen LogP contribution in [0, 0.1) is 11.8 Å². The number of nitrogens with two attached hydrogens (primary N) is 1. The number of hydrogen-bond acceptors (Lipinski definition) is 4. The molecule has 5 nitrogen and oxygen atoms in total. The molecular weight excluding hydrogens is 278 g/mol. The first-order valence-electron chi connectivity index (χ1n) is 8.16. The zero-order valence-electron chi connectivity index (χ0n) is 14.3. The molecule has 5 heteroatoms. The highest BCUT2D eigenvalue weighted by Gasteiger charge is 2.54. The molecule has 0 saturated carbocycles. The van der Waals surface area contributed by atoms with Crippen molar-refractivity contribution in [2.24, 2.45) is 17.6 Å². The summed E-state index contributed by atoms with van der Waals surface area (Å²) < 4.78 is 0. The van der Waals surface area contributed by atoms with Crippen molar-refractivity contribution in [1.82, 2.24) is 10.6 Å². The Morgan fingerprint density at radius 2 is 1.95 bits per heavy atom. The van der Waals surface area contributed by atoms with Gasteiger partial charge in [-0.3, -0.25) is 14.9 Å². The van der Waals surface area contributed by atoms with Crippen LogP contribution in [-0.2, 0) is 9.59 Å². The SMILES string of the molecule is CC(C)C(N)C(=O)N[C@@H](C)C(=O)C12C=CCC(C1)C(C)(C)N2. The van der Waals surface area contributed by atoms with Crippen LogP contribution in [0.15, 0.2) is 12.2 Å². The van der Waals surface area contributed by atoms with E-state index in [0.29, 0.717) is 5.92 Å². The van der Waals surface area contributed by atoms with Crippen LogP contribution in [0.2, 0.25) is 0 Å². The van der Waals surface area contributed by atoms with Crippen molar-refractivity contribution in [3.05, 3.63) is 12.2 Å². The summed E-state index contributed by atoms with van der Waals surface area (Å²) in [6.45, 7) is 9.80. The van der Waals surface area contributed by atoms with Crippen LogP contribution in [0.25, 0.3) is 0 Å². The van der Waals surface area contributed by atoms with Gasteiger partial charge >= 0.3 is 0 Å². The van der Waals surface area contributed by atoms with Gasteiger partial charge in [-0.2, -0.15) is 0 Å². The Morgan fingerprint density at radius 1 is 1.32 bits per heavy atom. The molecule has 124 valence electrons. The zero-order chi connectivity index (χ0) is 16.7. The zero-order valence-corrected chi connectivity index (χ0v) is 14.3. The number of amides is 1. The van der Waals surface area contributed by atoms with Crippen molar-refractivity contribution < 1.29 is 9.59 Å². The van der Waals surface area contributed by atoms with E-state index in [1.54, 1.807) is 6.92 Å². The number of nitrogens with one attached hydrogen (secondary N) is 2. The summed E-state index contributed by atoms with van der Waals surface area (Å²) in [7, 11) is 0. The van der Waals surface area contributed by atoms with Gasteiger partial charge in [0, 0.05) is 5.54 Å². The minimum Gasteiger partial charge on any atom is -0.345 e. The minimum atomic E-state index is -0.652. The summed E-state index contributed by atoms with van der Waals surface area (Å²) >= 11 is 0. The number of carbonyl (C=O) groups is 2. The summed E-state index contributed by atoms with van der Waals surface area (Å²) in [6.07, 6.45) is 5.85. The summed E-state index contributed by atoms with van der Waals surface area (Å²) in [4.78, 5) is 25.0. The molecule has 0 aromatic heterocycles. The summed E-state index contributed by atoms with van der Waals surface area (Å²) in [5, 5.41) is 6.27. The van der Waals surface area contributed by atoms with Crippen LogP contribution < -0.4 is 16.4 Å². The molecule has 0 radical (unpaired) electrons. The second-order valence-electron chi connectivity index (χ2n) is 7.72. The van der Waals surface area contributed by atoms with Crippen LogP contribution in [0.4, 0.5) is 0 Å². The molecule has 1 aliphatic heterocycles. The summed E-state index contributed by atoms with van der Waals surface area (Å²) in [6, 6.07) is -1.14. The van der Waals surface area contributed by atoms with Gasteiger partial charge in [-0.25, -0.2) is 0 Å². The molecular formula is C17H29N3O2. The lowest BCUT2D eigenvalue weighted by Crippen LogP contribution is -2.59. The molecule has 0 spiro atoms. The summed E-state index contributed by atoms with van der Waals surface area (Å²) in [5.41, 5.74) is 5.13.